The first-order valence-corrected chi connectivity index (χ1v) is 11.0. The first kappa shape index (κ1) is 21.5. The third-order valence-electron chi connectivity index (χ3n) is 6.07. The van der Waals surface area contributed by atoms with Crippen LogP contribution in [0.25, 0.3) is 12.2 Å². The standard InChI is InChI=1S/C29H24O5/c1-33-27-17-21(9-14-25(27)32)29-28(20-7-12-23(31)13-8-20)24-16-19(6-15-26(24)34-29)3-2-18-4-10-22(30)11-5-18/h2-17,28-32H,1H3/b3-2+. The molecule has 34 heavy (non-hydrogen) atoms. The van der Waals surface area contributed by atoms with Gasteiger partial charge in [-0.1, -0.05) is 48.6 Å². The molecule has 0 aromatic heterocycles. The molecule has 1 heterocycles. The van der Waals surface area contributed by atoms with Crippen LogP contribution in [0.1, 0.15) is 39.8 Å². The fourth-order valence-corrected chi connectivity index (χ4v) is 4.33. The van der Waals surface area contributed by atoms with Crippen molar-refractivity contribution in [2.45, 2.75) is 12.0 Å². The Hall–Kier alpha value is -4.38. The van der Waals surface area contributed by atoms with Crippen molar-refractivity contribution in [3.05, 3.63) is 113 Å². The van der Waals surface area contributed by atoms with E-state index in [0.29, 0.717) is 5.75 Å². The van der Waals surface area contributed by atoms with E-state index in [-0.39, 0.29) is 29.3 Å². The Kier molecular flexibility index (Phi) is 5.60. The lowest BCUT2D eigenvalue weighted by Crippen LogP contribution is -2.11. The third-order valence-corrected chi connectivity index (χ3v) is 6.07. The van der Waals surface area contributed by atoms with Crippen molar-refractivity contribution in [3.8, 4) is 28.7 Å². The summed E-state index contributed by atoms with van der Waals surface area (Å²) >= 11 is 0. The minimum absolute atomic E-state index is 0.0737. The summed E-state index contributed by atoms with van der Waals surface area (Å²) in [6, 6.07) is 25.5. The molecule has 0 bridgehead atoms. The van der Waals surface area contributed by atoms with E-state index in [0.717, 1.165) is 33.6 Å². The number of ether oxygens (including phenoxy) is 2. The Labute approximate surface area is 197 Å². The number of benzene rings is 4. The quantitative estimate of drug-likeness (QED) is 0.312. The van der Waals surface area contributed by atoms with E-state index < -0.39 is 0 Å². The SMILES string of the molecule is COc1cc(C2Oc3ccc(/C=C/c4ccc(O)cc4)cc3C2c2ccc(O)cc2)ccc1O. The molecule has 0 saturated heterocycles. The average molecular weight is 453 g/mol. The highest BCUT2D eigenvalue weighted by Gasteiger charge is 2.37. The summed E-state index contributed by atoms with van der Waals surface area (Å²) < 4.78 is 11.7. The summed E-state index contributed by atoms with van der Waals surface area (Å²) in [6.07, 6.45) is 3.69. The van der Waals surface area contributed by atoms with E-state index in [4.69, 9.17) is 9.47 Å². The van der Waals surface area contributed by atoms with Crippen molar-refractivity contribution >= 4 is 12.2 Å². The minimum Gasteiger partial charge on any atom is -0.508 e. The van der Waals surface area contributed by atoms with Gasteiger partial charge in [0.1, 0.15) is 23.4 Å². The van der Waals surface area contributed by atoms with Gasteiger partial charge in [0.2, 0.25) is 0 Å². The van der Waals surface area contributed by atoms with Crippen LogP contribution in [-0.4, -0.2) is 22.4 Å². The molecule has 0 radical (unpaired) electrons. The summed E-state index contributed by atoms with van der Waals surface area (Å²) in [7, 11) is 1.52. The largest absolute Gasteiger partial charge is 0.508 e. The summed E-state index contributed by atoms with van der Waals surface area (Å²) in [5.74, 6) is 1.57. The van der Waals surface area contributed by atoms with Gasteiger partial charge in [-0.25, -0.2) is 0 Å². The zero-order valence-electron chi connectivity index (χ0n) is 18.6. The van der Waals surface area contributed by atoms with Crippen LogP contribution in [0.15, 0.2) is 84.9 Å². The number of aromatic hydroxyl groups is 3. The second kappa shape index (κ2) is 8.87. The number of phenols is 3. The van der Waals surface area contributed by atoms with Gasteiger partial charge in [-0.2, -0.15) is 0 Å². The summed E-state index contributed by atoms with van der Waals surface area (Å²) in [4.78, 5) is 0. The van der Waals surface area contributed by atoms with Gasteiger partial charge < -0.3 is 24.8 Å². The topological polar surface area (TPSA) is 79.2 Å². The van der Waals surface area contributed by atoms with Crippen molar-refractivity contribution in [1.82, 2.24) is 0 Å². The summed E-state index contributed by atoms with van der Waals surface area (Å²) in [5.41, 5.74) is 4.93. The average Bonchev–Trinajstić information content (AvgIpc) is 3.23. The van der Waals surface area contributed by atoms with Crippen molar-refractivity contribution < 1.29 is 24.8 Å². The van der Waals surface area contributed by atoms with Gasteiger partial charge >= 0.3 is 0 Å². The van der Waals surface area contributed by atoms with Gasteiger partial charge in [0, 0.05) is 5.56 Å². The van der Waals surface area contributed by atoms with Crippen LogP contribution in [0.2, 0.25) is 0 Å². The molecule has 1 aliphatic rings. The maximum Gasteiger partial charge on any atom is 0.160 e. The predicted octanol–water partition coefficient (Wildman–Crippen LogP) is 6.25. The van der Waals surface area contributed by atoms with Gasteiger partial charge in [0.25, 0.3) is 0 Å². The summed E-state index contributed by atoms with van der Waals surface area (Å²) in [5, 5.41) is 29.4. The molecule has 2 unspecified atom stereocenters. The number of phenolic OH excluding ortho intramolecular Hbond substituents is 3. The van der Waals surface area contributed by atoms with E-state index in [1.165, 1.54) is 7.11 Å². The zero-order chi connectivity index (χ0) is 23.7. The van der Waals surface area contributed by atoms with Crippen LogP contribution in [0.3, 0.4) is 0 Å². The Bertz CT molecular complexity index is 1340. The normalized spacial score (nSPS) is 16.9. The van der Waals surface area contributed by atoms with E-state index in [1.54, 1.807) is 36.4 Å². The number of methoxy groups -OCH3 is 1. The maximum atomic E-state index is 10.1. The van der Waals surface area contributed by atoms with Crippen LogP contribution >= 0.6 is 0 Å². The van der Waals surface area contributed by atoms with E-state index in [2.05, 4.69) is 6.07 Å². The highest BCUT2D eigenvalue weighted by atomic mass is 16.5. The molecule has 0 amide bonds. The second-order valence-corrected chi connectivity index (χ2v) is 8.26. The molecule has 3 N–H and O–H groups in total. The Morgan fingerprint density at radius 3 is 2.03 bits per heavy atom. The number of hydrogen-bond acceptors (Lipinski definition) is 5. The molecule has 4 aromatic rings. The lowest BCUT2D eigenvalue weighted by molar-refractivity contribution is 0.221. The Morgan fingerprint density at radius 1 is 0.706 bits per heavy atom. The molecule has 0 aliphatic carbocycles. The lowest BCUT2D eigenvalue weighted by atomic mass is 9.84. The highest BCUT2D eigenvalue weighted by molar-refractivity contribution is 5.71. The van der Waals surface area contributed by atoms with Gasteiger partial charge in [0.05, 0.1) is 13.0 Å². The second-order valence-electron chi connectivity index (χ2n) is 8.26. The third kappa shape index (κ3) is 4.16. The maximum absolute atomic E-state index is 10.1. The fraction of sp³-hybridized carbons (Fsp3) is 0.103. The van der Waals surface area contributed by atoms with E-state index in [1.807, 2.05) is 54.6 Å². The lowest BCUT2D eigenvalue weighted by Gasteiger charge is -2.21. The molecule has 5 heteroatoms. The van der Waals surface area contributed by atoms with Crippen LogP contribution in [0.4, 0.5) is 0 Å². The first-order valence-electron chi connectivity index (χ1n) is 11.0. The number of hydrogen-bond donors (Lipinski definition) is 3. The first-order chi connectivity index (χ1) is 16.5. The van der Waals surface area contributed by atoms with Gasteiger partial charge in [0.15, 0.2) is 11.5 Å². The van der Waals surface area contributed by atoms with Crippen molar-refractivity contribution in [2.75, 3.05) is 7.11 Å². The smallest absolute Gasteiger partial charge is 0.160 e. The van der Waals surface area contributed by atoms with E-state index in [9.17, 15) is 15.3 Å². The predicted molar refractivity (Wildman–Crippen MR) is 131 cm³/mol. The highest BCUT2D eigenvalue weighted by Crippen LogP contribution is 2.50. The molecule has 0 saturated carbocycles. The van der Waals surface area contributed by atoms with Crippen molar-refractivity contribution in [3.63, 3.8) is 0 Å². The fourth-order valence-electron chi connectivity index (χ4n) is 4.33. The van der Waals surface area contributed by atoms with Crippen LogP contribution in [-0.2, 0) is 0 Å². The number of rotatable bonds is 5. The zero-order valence-corrected chi connectivity index (χ0v) is 18.6. The van der Waals surface area contributed by atoms with Crippen LogP contribution in [0.5, 0.6) is 28.7 Å². The molecule has 4 aromatic carbocycles. The van der Waals surface area contributed by atoms with Gasteiger partial charge in [-0.3, -0.25) is 0 Å². The molecule has 1 aliphatic heterocycles. The molecule has 2 atom stereocenters. The molecule has 0 fully saturated rings. The molecule has 0 spiro atoms. The van der Waals surface area contributed by atoms with Crippen molar-refractivity contribution in [2.24, 2.45) is 0 Å². The van der Waals surface area contributed by atoms with Crippen LogP contribution in [0, 0.1) is 0 Å². The molecular formula is C29H24O5. The molecule has 170 valence electrons. The molecule has 5 rings (SSSR count). The van der Waals surface area contributed by atoms with E-state index >= 15 is 0 Å². The van der Waals surface area contributed by atoms with Crippen molar-refractivity contribution in [1.29, 1.82) is 0 Å². The van der Waals surface area contributed by atoms with Crippen LogP contribution < -0.4 is 9.47 Å². The molecular weight excluding hydrogens is 428 g/mol. The Balaban J connectivity index is 1.55. The monoisotopic (exact) mass is 452 g/mol. The summed E-state index contributed by atoms with van der Waals surface area (Å²) in [6.45, 7) is 0. The minimum atomic E-state index is -0.328. The molecule has 5 nitrogen and oxygen atoms in total. The Morgan fingerprint density at radius 2 is 1.32 bits per heavy atom. The van der Waals surface area contributed by atoms with Gasteiger partial charge in [-0.15, -0.1) is 0 Å². The van der Waals surface area contributed by atoms with Gasteiger partial charge in [-0.05, 0) is 70.8 Å². The number of fused-ring (bicyclic) bond motifs is 1.